The van der Waals surface area contributed by atoms with E-state index < -0.39 is 0 Å². The molecule has 2 heterocycles. The molecule has 0 aliphatic rings. The molecule has 1 N–H and O–H groups in total. The Morgan fingerprint density at radius 2 is 1.69 bits per heavy atom. The minimum atomic E-state index is -0.122. The monoisotopic (exact) mass is 428 g/mol. The van der Waals surface area contributed by atoms with E-state index in [9.17, 15) is 5.11 Å². The van der Waals surface area contributed by atoms with Crippen molar-refractivity contribution in [3.8, 4) is 17.6 Å². The van der Waals surface area contributed by atoms with Gasteiger partial charge in [0.2, 0.25) is 5.88 Å². The Morgan fingerprint density at radius 3 is 2.44 bits per heavy atom. The molecular formula is C26H28N4O2. The van der Waals surface area contributed by atoms with Crippen LogP contribution in [0.3, 0.4) is 0 Å². The van der Waals surface area contributed by atoms with Crippen molar-refractivity contribution < 1.29 is 9.84 Å². The minimum Gasteiger partial charge on any atom is -0.493 e. The van der Waals surface area contributed by atoms with Crippen LogP contribution in [0.2, 0.25) is 0 Å². The summed E-state index contributed by atoms with van der Waals surface area (Å²) >= 11 is 0. The molecule has 0 unspecified atom stereocenters. The highest BCUT2D eigenvalue weighted by Gasteiger charge is 2.10. The second-order valence-electron chi connectivity index (χ2n) is 7.86. The summed E-state index contributed by atoms with van der Waals surface area (Å²) in [6.07, 6.45) is 7.75. The number of unbranched alkanes of at least 4 members (excludes halogenated alkanes) is 1. The van der Waals surface area contributed by atoms with Crippen LogP contribution in [0, 0.1) is 0 Å². The van der Waals surface area contributed by atoms with Crippen LogP contribution in [0.1, 0.15) is 30.9 Å². The number of likely N-dealkylation sites (N-methyl/N-ethyl adjacent to an activating group) is 1. The van der Waals surface area contributed by atoms with E-state index in [0.29, 0.717) is 16.7 Å². The fraction of sp³-hybridized carbons (Fsp3) is 0.269. The highest BCUT2D eigenvalue weighted by Crippen LogP contribution is 2.27. The Bertz CT molecular complexity index is 1180. The van der Waals surface area contributed by atoms with Crippen molar-refractivity contribution in [2.24, 2.45) is 0 Å². The molecule has 2 aromatic carbocycles. The van der Waals surface area contributed by atoms with Crippen LogP contribution in [0.25, 0.3) is 10.9 Å². The van der Waals surface area contributed by atoms with Crippen LogP contribution in [-0.4, -0.2) is 33.7 Å². The van der Waals surface area contributed by atoms with Gasteiger partial charge in [0.05, 0.1) is 17.1 Å². The quantitative estimate of drug-likeness (QED) is 0.377. The smallest absolute Gasteiger partial charge is 0.325 e. The molecule has 0 spiro atoms. The first-order chi connectivity index (χ1) is 15.6. The van der Waals surface area contributed by atoms with Gasteiger partial charge in [0.25, 0.3) is 0 Å². The molecule has 0 bridgehead atoms. The van der Waals surface area contributed by atoms with Crippen molar-refractivity contribution in [1.82, 2.24) is 15.0 Å². The van der Waals surface area contributed by atoms with E-state index in [2.05, 4.69) is 58.1 Å². The molecule has 32 heavy (non-hydrogen) atoms. The van der Waals surface area contributed by atoms with E-state index in [1.54, 1.807) is 18.5 Å². The van der Waals surface area contributed by atoms with Gasteiger partial charge >= 0.3 is 6.01 Å². The summed E-state index contributed by atoms with van der Waals surface area (Å²) in [7, 11) is 2.10. The number of benzene rings is 2. The number of hydrogen-bond acceptors (Lipinski definition) is 6. The third kappa shape index (κ3) is 5.14. The van der Waals surface area contributed by atoms with Gasteiger partial charge in [0, 0.05) is 25.5 Å². The van der Waals surface area contributed by atoms with E-state index in [1.165, 1.54) is 24.0 Å². The Labute approximate surface area is 188 Å². The SMILES string of the molecule is CCCCc1ccccc1CCN(C)c1ccc(Oc2nc(O)c3ccncc3n2)cc1. The van der Waals surface area contributed by atoms with E-state index >= 15 is 0 Å². The van der Waals surface area contributed by atoms with Crippen LogP contribution in [-0.2, 0) is 12.8 Å². The van der Waals surface area contributed by atoms with E-state index in [1.807, 2.05) is 24.3 Å². The predicted molar refractivity (Wildman–Crippen MR) is 128 cm³/mol. The molecule has 0 radical (unpaired) electrons. The molecule has 164 valence electrons. The maximum absolute atomic E-state index is 10.1. The van der Waals surface area contributed by atoms with Gasteiger partial charge in [-0.1, -0.05) is 37.6 Å². The molecule has 6 heteroatoms. The highest BCUT2D eigenvalue weighted by atomic mass is 16.5. The number of rotatable bonds is 9. The summed E-state index contributed by atoms with van der Waals surface area (Å²) in [5.74, 6) is 0.484. The summed E-state index contributed by atoms with van der Waals surface area (Å²) in [5.41, 5.74) is 4.52. The Balaban J connectivity index is 1.39. The Hall–Kier alpha value is -3.67. The Morgan fingerprint density at radius 1 is 0.938 bits per heavy atom. The normalized spacial score (nSPS) is 10.9. The van der Waals surface area contributed by atoms with Gasteiger partial charge in [0.1, 0.15) is 5.75 Å². The molecule has 0 amide bonds. The topological polar surface area (TPSA) is 71.4 Å². The zero-order valence-corrected chi connectivity index (χ0v) is 18.5. The maximum atomic E-state index is 10.1. The number of pyridine rings is 1. The average molecular weight is 429 g/mol. The summed E-state index contributed by atoms with van der Waals surface area (Å²) in [6.45, 7) is 3.16. The molecule has 0 aliphatic carbocycles. The average Bonchev–Trinajstić information content (AvgIpc) is 2.82. The molecule has 0 saturated carbocycles. The van der Waals surface area contributed by atoms with E-state index in [4.69, 9.17) is 4.74 Å². The molecule has 4 aromatic rings. The van der Waals surface area contributed by atoms with Crippen LogP contribution in [0.15, 0.2) is 67.0 Å². The summed E-state index contributed by atoms with van der Waals surface area (Å²) in [4.78, 5) is 14.6. The first-order valence-corrected chi connectivity index (χ1v) is 11.0. The standard InChI is InChI=1S/C26H28N4O2/c1-3-4-7-19-8-5-6-9-20(19)15-17-30(2)21-10-12-22(13-11-21)32-26-28-24-18-27-16-14-23(24)25(31)29-26/h5-6,8-14,16,18H,3-4,7,15,17H2,1-2H3,(H,28,29,31). The zero-order chi connectivity index (χ0) is 22.3. The molecule has 0 fully saturated rings. The fourth-order valence-corrected chi connectivity index (χ4v) is 3.69. The van der Waals surface area contributed by atoms with Crippen molar-refractivity contribution in [2.45, 2.75) is 32.6 Å². The fourth-order valence-electron chi connectivity index (χ4n) is 3.69. The third-order valence-electron chi connectivity index (χ3n) is 5.58. The first-order valence-electron chi connectivity index (χ1n) is 11.0. The van der Waals surface area contributed by atoms with E-state index in [0.717, 1.165) is 25.1 Å². The van der Waals surface area contributed by atoms with Crippen LogP contribution < -0.4 is 9.64 Å². The lowest BCUT2D eigenvalue weighted by Gasteiger charge is -2.20. The number of aryl methyl sites for hydroxylation is 1. The summed E-state index contributed by atoms with van der Waals surface area (Å²) in [6, 6.07) is 18.3. The van der Waals surface area contributed by atoms with Crippen molar-refractivity contribution in [2.75, 3.05) is 18.5 Å². The van der Waals surface area contributed by atoms with Crippen molar-refractivity contribution in [1.29, 1.82) is 0 Å². The van der Waals surface area contributed by atoms with Gasteiger partial charge in [-0.2, -0.15) is 9.97 Å². The summed E-state index contributed by atoms with van der Waals surface area (Å²) in [5, 5.41) is 10.6. The lowest BCUT2D eigenvalue weighted by molar-refractivity contribution is 0.412. The van der Waals surface area contributed by atoms with Crippen LogP contribution >= 0.6 is 0 Å². The zero-order valence-electron chi connectivity index (χ0n) is 18.5. The second kappa shape index (κ2) is 10.1. The highest BCUT2D eigenvalue weighted by molar-refractivity contribution is 5.82. The molecule has 0 aliphatic heterocycles. The predicted octanol–water partition coefficient (Wildman–Crippen LogP) is 5.54. The van der Waals surface area contributed by atoms with E-state index in [-0.39, 0.29) is 11.9 Å². The molecular weight excluding hydrogens is 400 g/mol. The summed E-state index contributed by atoms with van der Waals surface area (Å²) < 4.78 is 5.76. The number of ether oxygens (including phenoxy) is 1. The molecule has 0 saturated heterocycles. The number of fused-ring (bicyclic) bond motifs is 1. The van der Waals surface area contributed by atoms with Crippen LogP contribution in [0.5, 0.6) is 17.6 Å². The molecule has 4 rings (SSSR count). The molecule has 0 atom stereocenters. The molecule has 2 aromatic heterocycles. The van der Waals surface area contributed by atoms with Gasteiger partial charge < -0.3 is 14.7 Å². The lowest BCUT2D eigenvalue weighted by atomic mass is 9.99. The van der Waals surface area contributed by atoms with Gasteiger partial charge in [-0.15, -0.1) is 0 Å². The number of nitrogens with zero attached hydrogens (tertiary/aromatic N) is 4. The third-order valence-corrected chi connectivity index (χ3v) is 5.58. The Kier molecular flexibility index (Phi) is 6.80. The lowest BCUT2D eigenvalue weighted by Crippen LogP contribution is -2.20. The first kappa shape index (κ1) is 21.6. The maximum Gasteiger partial charge on any atom is 0.325 e. The minimum absolute atomic E-state index is 0.0905. The molecule has 6 nitrogen and oxygen atoms in total. The van der Waals surface area contributed by atoms with Crippen molar-refractivity contribution >= 4 is 16.6 Å². The second-order valence-corrected chi connectivity index (χ2v) is 7.86. The van der Waals surface area contributed by atoms with Crippen molar-refractivity contribution in [3.63, 3.8) is 0 Å². The number of anilines is 1. The number of aromatic nitrogens is 3. The van der Waals surface area contributed by atoms with Gasteiger partial charge in [-0.25, -0.2) is 0 Å². The van der Waals surface area contributed by atoms with Crippen molar-refractivity contribution in [3.05, 3.63) is 78.1 Å². The van der Waals surface area contributed by atoms with Crippen LogP contribution in [0.4, 0.5) is 5.69 Å². The number of aromatic hydroxyl groups is 1. The van der Waals surface area contributed by atoms with Gasteiger partial charge in [0.15, 0.2) is 0 Å². The van der Waals surface area contributed by atoms with Gasteiger partial charge in [-0.3, -0.25) is 4.98 Å². The largest absolute Gasteiger partial charge is 0.493 e. The number of hydrogen-bond donors (Lipinski definition) is 1. The van der Waals surface area contributed by atoms with Gasteiger partial charge in [-0.05, 0) is 60.7 Å².